The summed E-state index contributed by atoms with van der Waals surface area (Å²) in [5.74, 6) is -0.160. The van der Waals surface area contributed by atoms with Crippen molar-refractivity contribution in [2.75, 3.05) is 6.61 Å². The average molecular weight is 271 g/mol. The molecule has 1 heterocycles. The van der Waals surface area contributed by atoms with E-state index < -0.39 is 5.97 Å². The first-order valence-corrected chi connectivity index (χ1v) is 6.56. The van der Waals surface area contributed by atoms with Crippen molar-refractivity contribution in [1.29, 1.82) is 0 Å². The molecule has 0 saturated carbocycles. The second-order valence-corrected chi connectivity index (χ2v) is 4.51. The lowest BCUT2D eigenvalue weighted by Gasteiger charge is -2.08. The number of nitrogens with zero attached hydrogens (tertiary/aromatic N) is 1. The van der Waals surface area contributed by atoms with Gasteiger partial charge in [0.2, 0.25) is 0 Å². The Morgan fingerprint density at radius 2 is 2.10 bits per heavy atom. The molecular formula is C16H17NO3. The Hall–Kier alpha value is -2.36. The van der Waals surface area contributed by atoms with E-state index in [4.69, 9.17) is 9.84 Å². The third-order valence-corrected chi connectivity index (χ3v) is 2.92. The number of pyridine rings is 1. The zero-order chi connectivity index (χ0) is 14.5. The van der Waals surface area contributed by atoms with E-state index in [-0.39, 0.29) is 5.56 Å². The summed E-state index contributed by atoms with van der Waals surface area (Å²) in [6.45, 7) is 4.43. The van der Waals surface area contributed by atoms with Crippen molar-refractivity contribution >= 4 is 5.97 Å². The fourth-order valence-electron chi connectivity index (χ4n) is 1.91. The summed E-state index contributed by atoms with van der Waals surface area (Å²) in [6, 6.07) is 11.0. The quantitative estimate of drug-likeness (QED) is 0.903. The average Bonchev–Trinajstić information content (AvgIpc) is 2.45. The van der Waals surface area contributed by atoms with Gasteiger partial charge in [-0.2, -0.15) is 0 Å². The van der Waals surface area contributed by atoms with Crippen LogP contribution in [0.25, 0.3) is 11.3 Å². The predicted molar refractivity (Wildman–Crippen MR) is 77.2 cm³/mol. The lowest BCUT2D eigenvalue weighted by molar-refractivity contribution is 0.0695. The molecule has 0 aliphatic carbocycles. The van der Waals surface area contributed by atoms with Crippen molar-refractivity contribution in [2.45, 2.75) is 20.3 Å². The fraction of sp³-hybridized carbons (Fsp3) is 0.250. The van der Waals surface area contributed by atoms with Gasteiger partial charge in [-0.05, 0) is 37.6 Å². The Morgan fingerprint density at radius 1 is 1.30 bits per heavy atom. The number of aromatic carboxylic acids is 1. The van der Waals surface area contributed by atoms with Crippen LogP contribution >= 0.6 is 0 Å². The van der Waals surface area contributed by atoms with Crippen LogP contribution in [-0.4, -0.2) is 22.7 Å². The highest BCUT2D eigenvalue weighted by atomic mass is 16.5. The van der Waals surface area contributed by atoms with Crippen LogP contribution in [0.2, 0.25) is 0 Å². The number of rotatable bonds is 5. The second kappa shape index (κ2) is 6.19. The van der Waals surface area contributed by atoms with Crippen molar-refractivity contribution < 1.29 is 14.6 Å². The van der Waals surface area contributed by atoms with Gasteiger partial charge < -0.3 is 9.84 Å². The molecule has 104 valence electrons. The summed E-state index contributed by atoms with van der Waals surface area (Å²) in [5, 5.41) is 9.01. The summed E-state index contributed by atoms with van der Waals surface area (Å²) < 4.78 is 5.59. The van der Waals surface area contributed by atoms with Crippen LogP contribution in [0.5, 0.6) is 5.75 Å². The van der Waals surface area contributed by atoms with Crippen LogP contribution in [0.15, 0.2) is 36.4 Å². The molecule has 0 aliphatic rings. The van der Waals surface area contributed by atoms with Gasteiger partial charge >= 0.3 is 5.97 Å². The molecule has 4 nitrogen and oxygen atoms in total. The molecule has 0 atom stereocenters. The number of ether oxygens (including phenoxy) is 1. The van der Waals surface area contributed by atoms with E-state index in [1.54, 1.807) is 19.1 Å². The van der Waals surface area contributed by atoms with E-state index in [1.165, 1.54) is 0 Å². The molecule has 2 rings (SSSR count). The minimum atomic E-state index is -0.957. The smallest absolute Gasteiger partial charge is 0.337 e. The van der Waals surface area contributed by atoms with Gasteiger partial charge in [-0.1, -0.05) is 19.1 Å². The fourth-order valence-corrected chi connectivity index (χ4v) is 1.91. The summed E-state index contributed by atoms with van der Waals surface area (Å²) in [4.78, 5) is 15.3. The zero-order valence-electron chi connectivity index (χ0n) is 11.6. The van der Waals surface area contributed by atoms with Crippen molar-refractivity contribution in [3.63, 3.8) is 0 Å². The largest absolute Gasteiger partial charge is 0.494 e. The number of hydrogen-bond donors (Lipinski definition) is 1. The molecular weight excluding hydrogens is 254 g/mol. The van der Waals surface area contributed by atoms with E-state index in [0.29, 0.717) is 12.3 Å². The molecule has 2 aromatic rings. The Balaban J connectivity index is 2.31. The summed E-state index contributed by atoms with van der Waals surface area (Å²) >= 11 is 0. The van der Waals surface area contributed by atoms with Crippen LogP contribution < -0.4 is 4.74 Å². The molecule has 0 unspecified atom stereocenters. The van der Waals surface area contributed by atoms with Gasteiger partial charge in [-0.15, -0.1) is 0 Å². The van der Waals surface area contributed by atoms with Gasteiger partial charge in [0.1, 0.15) is 5.75 Å². The standard InChI is InChI=1S/C16H17NO3/c1-3-9-20-13-6-4-5-12(10-13)15-8-7-14(16(18)19)11(2)17-15/h4-8,10H,3,9H2,1-2H3,(H,18,19). The normalized spacial score (nSPS) is 10.3. The van der Waals surface area contributed by atoms with Crippen LogP contribution in [0, 0.1) is 6.92 Å². The van der Waals surface area contributed by atoms with Crippen LogP contribution in [0.1, 0.15) is 29.4 Å². The van der Waals surface area contributed by atoms with E-state index in [2.05, 4.69) is 11.9 Å². The van der Waals surface area contributed by atoms with Gasteiger partial charge in [0.15, 0.2) is 0 Å². The molecule has 0 amide bonds. The monoisotopic (exact) mass is 271 g/mol. The summed E-state index contributed by atoms with van der Waals surface area (Å²) in [6.07, 6.45) is 0.953. The Labute approximate surface area is 118 Å². The van der Waals surface area contributed by atoms with E-state index >= 15 is 0 Å². The molecule has 0 spiro atoms. The Morgan fingerprint density at radius 3 is 2.75 bits per heavy atom. The van der Waals surface area contributed by atoms with E-state index in [0.717, 1.165) is 23.4 Å². The van der Waals surface area contributed by atoms with Crippen molar-refractivity contribution in [1.82, 2.24) is 4.98 Å². The van der Waals surface area contributed by atoms with Crippen LogP contribution in [-0.2, 0) is 0 Å². The molecule has 0 saturated heterocycles. The predicted octanol–water partition coefficient (Wildman–Crippen LogP) is 3.54. The van der Waals surface area contributed by atoms with Crippen molar-refractivity contribution in [2.24, 2.45) is 0 Å². The lowest BCUT2D eigenvalue weighted by Crippen LogP contribution is -2.02. The molecule has 0 radical (unpaired) electrons. The van der Waals surface area contributed by atoms with Crippen molar-refractivity contribution in [3.05, 3.63) is 47.7 Å². The first-order chi connectivity index (χ1) is 9.61. The highest BCUT2D eigenvalue weighted by Gasteiger charge is 2.10. The maximum absolute atomic E-state index is 11.0. The van der Waals surface area contributed by atoms with Crippen LogP contribution in [0.4, 0.5) is 0 Å². The minimum absolute atomic E-state index is 0.229. The van der Waals surface area contributed by atoms with Crippen molar-refractivity contribution in [3.8, 4) is 17.0 Å². The lowest BCUT2D eigenvalue weighted by atomic mass is 10.1. The number of carboxylic acid groups (broad SMARTS) is 1. The van der Waals surface area contributed by atoms with Gasteiger partial charge in [-0.3, -0.25) is 4.98 Å². The molecule has 20 heavy (non-hydrogen) atoms. The Kier molecular flexibility index (Phi) is 4.35. The van der Waals surface area contributed by atoms with E-state index in [9.17, 15) is 4.79 Å². The molecule has 1 aromatic carbocycles. The molecule has 4 heteroatoms. The summed E-state index contributed by atoms with van der Waals surface area (Å²) in [7, 11) is 0. The van der Waals surface area contributed by atoms with Gasteiger partial charge in [0.25, 0.3) is 0 Å². The summed E-state index contributed by atoms with van der Waals surface area (Å²) in [5.41, 5.74) is 2.40. The maximum atomic E-state index is 11.0. The second-order valence-electron chi connectivity index (χ2n) is 4.51. The molecule has 0 fully saturated rings. The topological polar surface area (TPSA) is 59.4 Å². The molecule has 1 N–H and O–H groups in total. The first-order valence-electron chi connectivity index (χ1n) is 6.56. The molecule has 1 aromatic heterocycles. The number of aryl methyl sites for hydroxylation is 1. The number of benzene rings is 1. The van der Waals surface area contributed by atoms with Gasteiger partial charge in [0.05, 0.1) is 23.6 Å². The number of carboxylic acids is 1. The SMILES string of the molecule is CCCOc1cccc(-c2ccc(C(=O)O)c(C)n2)c1. The van der Waals surface area contributed by atoms with E-state index in [1.807, 2.05) is 24.3 Å². The first kappa shape index (κ1) is 14.1. The van der Waals surface area contributed by atoms with Gasteiger partial charge in [0, 0.05) is 5.56 Å². The number of hydrogen-bond acceptors (Lipinski definition) is 3. The zero-order valence-corrected chi connectivity index (χ0v) is 11.6. The van der Waals surface area contributed by atoms with Gasteiger partial charge in [-0.25, -0.2) is 4.79 Å². The minimum Gasteiger partial charge on any atom is -0.494 e. The highest BCUT2D eigenvalue weighted by molar-refractivity contribution is 5.89. The number of carbonyl (C=O) groups is 1. The third kappa shape index (κ3) is 3.15. The third-order valence-electron chi connectivity index (χ3n) is 2.92. The maximum Gasteiger partial charge on any atom is 0.337 e. The molecule has 0 aliphatic heterocycles. The van der Waals surface area contributed by atoms with Crippen LogP contribution in [0.3, 0.4) is 0 Å². The Bertz CT molecular complexity index is 623. The molecule has 0 bridgehead atoms. The highest BCUT2D eigenvalue weighted by Crippen LogP contribution is 2.23. The number of aromatic nitrogens is 1.